The molecular weight excluding hydrogens is 276 g/mol. The Morgan fingerprint density at radius 2 is 1.57 bits per heavy atom. The minimum Gasteiger partial charge on any atom is -0.362 e. The Labute approximate surface area is 132 Å². The molecule has 0 aliphatic carbocycles. The van der Waals surface area contributed by atoms with E-state index in [0.29, 0.717) is 6.04 Å². The van der Waals surface area contributed by atoms with Gasteiger partial charge in [0, 0.05) is 18.3 Å². The molecule has 0 amide bonds. The highest BCUT2D eigenvalue weighted by molar-refractivity contribution is 7.80. The van der Waals surface area contributed by atoms with Gasteiger partial charge in [0.2, 0.25) is 0 Å². The van der Waals surface area contributed by atoms with Gasteiger partial charge in [-0.2, -0.15) is 0 Å². The van der Waals surface area contributed by atoms with Gasteiger partial charge < -0.3 is 10.2 Å². The van der Waals surface area contributed by atoms with E-state index in [9.17, 15) is 0 Å². The second-order valence-corrected chi connectivity index (χ2v) is 5.65. The van der Waals surface area contributed by atoms with Crippen molar-refractivity contribution in [1.82, 2.24) is 5.32 Å². The molecule has 0 fully saturated rings. The van der Waals surface area contributed by atoms with Crippen molar-refractivity contribution in [2.75, 3.05) is 11.4 Å². The molecule has 0 aliphatic rings. The summed E-state index contributed by atoms with van der Waals surface area (Å²) in [4.78, 5) is 2.15. The van der Waals surface area contributed by atoms with Gasteiger partial charge in [-0.3, -0.25) is 0 Å². The van der Waals surface area contributed by atoms with Crippen molar-refractivity contribution >= 4 is 23.0 Å². The Balaban J connectivity index is 1.94. The summed E-state index contributed by atoms with van der Waals surface area (Å²) in [5.41, 5.74) is 2.45. The topological polar surface area (TPSA) is 15.3 Å². The third-order valence-corrected chi connectivity index (χ3v) is 3.64. The van der Waals surface area contributed by atoms with Crippen LogP contribution in [0.5, 0.6) is 0 Å². The molecule has 110 valence electrons. The number of nitrogens with zero attached hydrogens (tertiary/aromatic N) is 1. The summed E-state index contributed by atoms with van der Waals surface area (Å²) in [6, 6.07) is 21.1. The third kappa shape index (κ3) is 4.57. The number of hydrogen-bond donors (Lipinski definition) is 1. The van der Waals surface area contributed by atoms with Crippen LogP contribution in [0.1, 0.15) is 19.4 Å². The van der Waals surface area contributed by atoms with Crippen molar-refractivity contribution < 1.29 is 0 Å². The smallest absolute Gasteiger partial charge is 0.173 e. The van der Waals surface area contributed by atoms with E-state index in [-0.39, 0.29) is 0 Å². The van der Waals surface area contributed by atoms with Gasteiger partial charge in [-0.25, -0.2) is 0 Å². The molecule has 0 radical (unpaired) electrons. The van der Waals surface area contributed by atoms with Crippen molar-refractivity contribution in [3.63, 3.8) is 0 Å². The summed E-state index contributed by atoms with van der Waals surface area (Å²) >= 11 is 5.56. The quantitative estimate of drug-likeness (QED) is 0.839. The van der Waals surface area contributed by atoms with E-state index in [2.05, 4.69) is 60.5 Å². The molecule has 2 rings (SSSR count). The molecule has 0 heterocycles. The fourth-order valence-corrected chi connectivity index (χ4v) is 2.70. The van der Waals surface area contributed by atoms with Crippen LogP contribution < -0.4 is 10.2 Å². The molecular formula is C18H22N2S. The standard InChI is InChI=1S/C18H22N2S/c1-15(2)20(17-11-7-4-8-12-17)18(21)19-14-13-16-9-5-3-6-10-16/h3-12,15H,13-14H2,1-2H3,(H,19,21). The first-order valence-electron chi connectivity index (χ1n) is 7.34. The lowest BCUT2D eigenvalue weighted by atomic mass is 10.1. The predicted molar refractivity (Wildman–Crippen MR) is 94.8 cm³/mol. The number of anilines is 1. The van der Waals surface area contributed by atoms with Crippen molar-refractivity contribution in [3.8, 4) is 0 Å². The van der Waals surface area contributed by atoms with Crippen molar-refractivity contribution in [3.05, 3.63) is 66.2 Å². The summed E-state index contributed by atoms with van der Waals surface area (Å²) in [7, 11) is 0. The lowest BCUT2D eigenvalue weighted by molar-refractivity contribution is 0.775. The highest BCUT2D eigenvalue weighted by Gasteiger charge is 2.14. The summed E-state index contributed by atoms with van der Waals surface area (Å²) in [5, 5.41) is 4.15. The van der Waals surface area contributed by atoms with E-state index >= 15 is 0 Å². The maximum Gasteiger partial charge on any atom is 0.173 e. The molecule has 2 aromatic carbocycles. The molecule has 0 unspecified atom stereocenters. The van der Waals surface area contributed by atoms with E-state index in [1.54, 1.807) is 0 Å². The van der Waals surface area contributed by atoms with Gasteiger partial charge in [0.1, 0.15) is 0 Å². The van der Waals surface area contributed by atoms with Crippen LogP contribution in [-0.2, 0) is 6.42 Å². The van der Waals surface area contributed by atoms with Crippen LogP contribution in [0.4, 0.5) is 5.69 Å². The molecule has 0 bridgehead atoms. The summed E-state index contributed by atoms with van der Waals surface area (Å²) in [5.74, 6) is 0. The lowest BCUT2D eigenvalue weighted by Crippen LogP contribution is -2.44. The largest absolute Gasteiger partial charge is 0.362 e. The Hall–Kier alpha value is -1.87. The van der Waals surface area contributed by atoms with E-state index in [1.165, 1.54) is 5.56 Å². The van der Waals surface area contributed by atoms with Gasteiger partial charge in [0.25, 0.3) is 0 Å². The molecule has 0 spiro atoms. The fraction of sp³-hybridized carbons (Fsp3) is 0.278. The Kier molecular flexibility index (Phi) is 5.76. The van der Waals surface area contributed by atoms with Gasteiger partial charge in [-0.1, -0.05) is 48.5 Å². The highest BCUT2D eigenvalue weighted by atomic mass is 32.1. The maximum atomic E-state index is 5.56. The highest BCUT2D eigenvalue weighted by Crippen LogP contribution is 2.16. The van der Waals surface area contributed by atoms with Crippen LogP contribution in [0, 0.1) is 0 Å². The number of hydrogen-bond acceptors (Lipinski definition) is 1. The molecule has 3 heteroatoms. The summed E-state index contributed by atoms with van der Waals surface area (Å²) < 4.78 is 0. The van der Waals surface area contributed by atoms with Crippen LogP contribution >= 0.6 is 12.2 Å². The van der Waals surface area contributed by atoms with E-state index < -0.39 is 0 Å². The molecule has 1 N–H and O–H groups in total. The molecule has 0 atom stereocenters. The third-order valence-electron chi connectivity index (χ3n) is 3.30. The van der Waals surface area contributed by atoms with Crippen LogP contribution in [-0.4, -0.2) is 17.7 Å². The monoisotopic (exact) mass is 298 g/mol. The fourth-order valence-electron chi connectivity index (χ4n) is 2.28. The van der Waals surface area contributed by atoms with Gasteiger partial charge in [0.15, 0.2) is 5.11 Å². The zero-order valence-electron chi connectivity index (χ0n) is 12.6. The molecule has 0 aliphatic heterocycles. The molecule has 2 nitrogen and oxygen atoms in total. The second kappa shape index (κ2) is 7.79. The van der Waals surface area contributed by atoms with Gasteiger partial charge >= 0.3 is 0 Å². The lowest BCUT2D eigenvalue weighted by Gasteiger charge is -2.29. The maximum absolute atomic E-state index is 5.56. The Morgan fingerprint density at radius 1 is 1.00 bits per heavy atom. The van der Waals surface area contributed by atoms with Crippen LogP contribution in [0.25, 0.3) is 0 Å². The van der Waals surface area contributed by atoms with E-state index in [0.717, 1.165) is 23.8 Å². The first-order valence-corrected chi connectivity index (χ1v) is 7.75. The van der Waals surface area contributed by atoms with Crippen LogP contribution in [0.3, 0.4) is 0 Å². The van der Waals surface area contributed by atoms with Gasteiger partial charge in [-0.15, -0.1) is 0 Å². The van der Waals surface area contributed by atoms with Crippen molar-refractivity contribution in [2.45, 2.75) is 26.3 Å². The molecule has 21 heavy (non-hydrogen) atoms. The Morgan fingerprint density at radius 3 is 2.14 bits per heavy atom. The van der Waals surface area contributed by atoms with Gasteiger partial charge in [0.05, 0.1) is 0 Å². The zero-order valence-corrected chi connectivity index (χ0v) is 13.4. The number of para-hydroxylation sites is 1. The predicted octanol–water partition coefficient (Wildman–Crippen LogP) is 4.02. The first kappa shape index (κ1) is 15.5. The zero-order chi connectivity index (χ0) is 15.1. The number of benzene rings is 2. The van der Waals surface area contributed by atoms with E-state index in [4.69, 9.17) is 12.2 Å². The van der Waals surface area contributed by atoms with Crippen molar-refractivity contribution in [2.24, 2.45) is 0 Å². The Bertz CT molecular complexity index is 552. The average Bonchev–Trinajstić information content (AvgIpc) is 2.49. The van der Waals surface area contributed by atoms with Crippen LogP contribution in [0.2, 0.25) is 0 Å². The number of thiocarbonyl (C=S) groups is 1. The number of rotatable bonds is 5. The summed E-state index contributed by atoms with van der Waals surface area (Å²) in [6.07, 6.45) is 0.974. The SMILES string of the molecule is CC(C)N(C(=S)NCCc1ccccc1)c1ccccc1. The second-order valence-electron chi connectivity index (χ2n) is 5.27. The normalized spacial score (nSPS) is 10.4. The van der Waals surface area contributed by atoms with Gasteiger partial charge in [-0.05, 0) is 50.2 Å². The molecule has 0 aromatic heterocycles. The molecule has 2 aromatic rings. The van der Waals surface area contributed by atoms with Crippen molar-refractivity contribution in [1.29, 1.82) is 0 Å². The summed E-state index contributed by atoms with van der Waals surface area (Å²) in [6.45, 7) is 5.15. The van der Waals surface area contributed by atoms with Crippen LogP contribution in [0.15, 0.2) is 60.7 Å². The molecule has 0 saturated carbocycles. The first-order chi connectivity index (χ1) is 10.2. The molecule has 0 saturated heterocycles. The van der Waals surface area contributed by atoms with E-state index in [1.807, 2.05) is 24.3 Å². The minimum absolute atomic E-state index is 0.323. The minimum atomic E-state index is 0.323. The number of nitrogens with one attached hydrogen (secondary N) is 1. The average molecular weight is 298 g/mol.